The molecule has 1 unspecified atom stereocenters. The molecule has 4 nitrogen and oxygen atoms in total. The van der Waals surface area contributed by atoms with Crippen molar-refractivity contribution in [2.24, 2.45) is 5.92 Å². The molecular weight excluding hydrogens is 240 g/mol. The molecule has 1 aliphatic rings. The van der Waals surface area contributed by atoms with Gasteiger partial charge < -0.3 is 10.6 Å². The highest BCUT2D eigenvalue weighted by molar-refractivity contribution is 6.11. The van der Waals surface area contributed by atoms with Gasteiger partial charge in [-0.05, 0) is 30.5 Å². The highest BCUT2D eigenvalue weighted by Crippen LogP contribution is 2.26. The largest absolute Gasteiger partial charge is 0.340 e. The summed E-state index contributed by atoms with van der Waals surface area (Å²) in [7, 11) is 0. The Morgan fingerprint density at radius 2 is 2.00 bits per heavy atom. The quantitative estimate of drug-likeness (QED) is 0.751. The zero-order chi connectivity index (χ0) is 14.2. The van der Waals surface area contributed by atoms with Gasteiger partial charge in [-0.25, -0.2) is 0 Å². The Kier molecular flexibility index (Phi) is 3.30. The predicted octanol–water partition coefficient (Wildman–Crippen LogP) is 1.68. The summed E-state index contributed by atoms with van der Waals surface area (Å²) >= 11 is 0. The van der Waals surface area contributed by atoms with E-state index >= 15 is 0 Å². The zero-order valence-corrected chi connectivity index (χ0v) is 11.2. The molecule has 1 aromatic rings. The van der Waals surface area contributed by atoms with E-state index in [1.807, 2.05) is 20.8 Å². The molecule has 2 amide bonds. The molecule has 0 saturated heterocycles. The first-order valence-electron chi connectivity index (χ1n) is 6.17. The molecule has 4 heteroatoms. The van der Waals surface area contributed by atoms with E-state index in [4.69, 9.17) is 6.42 Å². The Balaban J connectivity index is 2.57. The SMILES string of the molecule is C#Cc1cc(C)cc2c1NC(=O)C(C(C)C)NC2=O. The van der Waals surface area contributed by atoms with Crippen molar-refractivity contribution < 1.29 is 9.59 Å². The molecule has 0 aliphatic carbocycles. The van der Waals surface area contributed by atoms with E-state index in [1.54, 1.807) is 12.1 Å². The summed E-state index contributed by atoms with van der Waals surface area (Å²) in [6.07, 6.45) is 5.45. The van der Waals surface area contributed by atoms with E-state index in [0.29, 0.717) is 16.8 Å². The number of aryl methyl sites for hydroxylation is 1. The van der Waals surface area contributed by atoms with E-state index in [0.717, 1.165) is 5.56 Å². The van der Waals surface area contributed by atoms with Gasteiger partial charge >= 0.3 is 0 Å². The van der Waals surface area contributed by atoms with Gasteiger partial charge in [-0.15, -0.1) is 6.42 Å². The van der Waals surface area contributed by atoms with Gasteiger partial charge in [0.2, 0.25) is 5.91 Å². The number of carbonyl (C=O) groups is 2. The van der Waals surface area contributed by atoms with Crippen molar-refractivity contribution in [3.63, 3.8) is 0 Å². The minimum atomic E-state index is -0.550. The Bertz CT molecular complexity index is 597. The molecule has 1 aliphatic heterocycles. The van der Waals surface area contributed by atoms with Gasteiger partial charge in [0.1, 0.15) is 6.04 Å². The molecule has 19 heavy (non-hydrogen) atoms. The van der Waals surface area contributed by atoms with Crippen molar-refractivity contribution in [3.8, 4) is 12.3 Å². The summed E-state index contributed by atoms with van der Waals surface area (Å²) in [6.45, 7) is 5.63. The number of terminal acetylenes is 1. The number of nitrogens with one attached hydrogen (secondary N) is 2. The van der Waals surface area contributed by atoms with Gasteiger partial charge in [-0.1, -0.05) is 19.8 Å². The van der Waals surface area contributed by atoms with Crippen LogP contribution in [0.4, 0.5) is 5.69 Å². The minimum absolute atomic E-state index is 0.00800. The van der Waals surface area contributed by atoms with Crippen LogP contribution in [0.15, 0.2) is 12.1 Å². The minimum Gasteiger partial charge on any atom is -0.340 e. The van der Waals surface area contributed by atoms with E-state index in [2.05, 4.69) is 16.6 Å². The fraction of sp³-hybridized carbons (Fsp3) is 0.333. The number of benzene rings is 1. The lowest BCUT2D eigenvalue weighted by Gasteiger charge is -2.17. The standard InChI is InChI=1S/C15H16N2O2/c1-5-10-6-9(4)7-11-13(10)17-15(19)12(8(2)3)16-14(11)18/h1,6-8,12H,2-4H3,(H,16,18)(H,17,19). The lowest BCUT2D eigenvalue weighted by Crippen LogP contribution is -2.44. The average molecular weight is 256 g/mol. The zero-order valence-electron chi connectivity index (χ0n) is 11.2. The van der Waals surface area contributed by atoms with Crippen LogP contribution in [0, 0.1) is 25.2 Å². The highest BCUT2D eigenvalue weighted by atomic mass is 16.2. The summed E-state index contributed by atoms with van der Waals surface area (Å²) in [5.41, 5.74) is 2.27. The molecule has 1 heterocycles. The van der Waals surface area contributed by atoms with Crippen LogP contribution < -0.4 is 10.6 Å². The number of hydrogen-bond donors (Lipinski definition) is 2. The van der Waals surface area contributed by atoms with Crippen LogP contribution in [-0.4, -0.2) is 17.9 Å². The van der Waals surface area contributed by atoms with E-state index in [9.17, 15) is 9.59 Å². The average Bonchev–Trinajstić information content (AvgIpc) is 2.47. The second kappa shape index (κ2) is 4.77. The third kappa shape index (κ3) is 2.32. The molecule has 1 atom stereocenters. The number of hydrogen-bond acceptors (Lipinski definition) is 2. The summed E-state index contributed by atoms with van der Waals surface area (Å²) in [6, 6.07) is 2.96. The van der Waals surface area contributed by atoms with Crippen molar-refractivity contribution in [2.45, 2.75) is 26.8 Å². The van der Waals surface area contributed by atoms with Gasteiger partial charge in [-0.3, -0.25) is 9.59 Å². The Morgan fingerprint density at radius 3 is 2.58 bits per heavy atom. The number of amides is 2. The van der Waals surface area contributed by atoms with E-state index < -0.39 is 6.04 Å². The fourth-order valence-electron chi connectivity index (χ4n) is 2.17. The van der Waals surface area contributed by atoms with Crippen LogP contribution in [0.25, 0.3) is 0 Å². The first kappa shape index (κ1) is 13.2. The monoisotopic (exact) mass is 256 g/mol. The Morgan fingerprint density at radius 1 is 1.32 bits per heavy atom. The maximum absolute atomic E-state index is 12.2. The molecule has 0 saturated carbocycles. The molecule has 0 fully saturated rings. The first-order valence-corrected chi connectivity index (χ1v) is 6.17. The van der Waals surface area contributed by atoms with Crippen molar-refractivity contribution in [2.75, 3.05) is 5.32 Å². The maximum Gasteiger partial charge on any atom is 0.254 e. The predicted molar refractivity (Wildman–Crippen MR) is 73.8 cm³/mol. The van der Waals surface area contributed by atoms with Crippen molar-refractivity contribution >= 4 is 17.5 Å². The molecule has 0 bridgehead atoms. The van der Waals surface area contributed by atoms with E-state index in [-0.39, 0.29) is 17.7 Å². The first-order chi connectivity index (χ1) is 8.93. The molecule has 2 rings (SSSR count). The number of rotatable bonds is 1. The number of fused-ring (bicyclic) bond motifs is 1. The van der Waals surface area contributed by atoms with Crippen molar-refractivity contribution in [3.05, 3.63) is 28.8 Å². The van der Waals surface area contributed by atoms with Crippen LogP contribution in [0.3, 0.4) is 0 Å². The van der Waals surface area contributed by atoms with Gasteiger partial charge in [0, 0.05) is 5.56 Å². The Labute approximate surface area is 112 Å². The van der Waals surface area contributed by atoms with Crippen LogP contribution >= 0.6 is 0 Å². The van der Waals surface area contributed by atoms with Gasteiger partial charge in [0.05, 0.1) is 11.3 Å². The summed E-state index contributed by atoms with van der Waals surface area (Å²) < 4.78 is 0. The normalized spacial score (nSPS) is 18.2. The van der Waals surface area contributed by atoms with Crippen molar-refractivity contribution in [1.29, 1.82) is 0 Å². The van der Waals surface area contributed by atoms with Gasteiger partial charge in [0.25, 0.3) is 5.91 Å². The maximum atomic E-state index is 12.2. The second-order valence-electron chi connectivity index (χ2n) is 5.06. The summed E-state index contributed by atoms with van der Waals surface area (Å²) in [5, 5.41) is 5.51. The molecule has 0 spiro atoms. The van der Waals surface area contributed by atoms with E-state index in [1.165, 1.54) is 0 Å². The number of anilines is 1. The molecule has 1 aromatic carbocycles. The van der Waals surface area contributed by atoms with Crippen LogP contribution in [0.5, 0.6) is 0 Å². The number of carbonyl (C=O) groups excluding carboxylic acids is 2. The lowest BCUT2D eigenvalue weighted by molar-refractivity contribution is -0.118. The molecule has 98 valence electrons. The lowest BCUT2D eigenvalue weighted by atomic mass is 10.0. The topological polar surface area (TPSA) is 58.2 Å². The van der Waals surface area contributed by atoms with Gasteiger partial charge in [-0.2, -0.15) is 0 Å². The van der Waals surface area contributed by atoms with Crippen LogP contribution in [-0.2, 0) is 4.79 Å². The fourth-order valence-corrected chi connectivity index (χ4v) is 2.17. The van der Waals surface area contributed by atoms with Crippen molar-refractivity contribution in [1.82, 2.24) is 5.32 Å². The van der Waals surface area contributed by atoms with Gasteiger partial charge in [0.15, 0.2) is 0 Å². The molecule has 2 N–H and O–H groups in total. The second-order valence-corrected chi connectivity index (χ2v) is 5.06. The van der Waals surface area contributed by atoms with Crippen LogP contribution in [0.2, 0.25) is 0 Å². The highest BCUT2D eigenvalue weighted by Gasteiger charge is 2.31. The summed E-state index contributed by atoms with van der Waals surface area (Å²) in [5.74, 6) is 2.02. The third-order valence-electron chi connectivity index (χ3n) is 3.17. The smallest absolute Gasteiger partial charge is 0.254 e. The molecule has 0 aromatic heterocycles. The molecular formula is C15H16N2O2. The third-order valence-corrected chi connectivity index (χ3v) is 3.17. The molecule has 0 radical (unpaired) electrons. The van der Waals surface area contributed by atoms with Crippen LogP contribution in [0.1, 0.15) is 35.3 Å². The summed E-state index contributed by atoms with van der Waals surface area (Å²) in [4.78, 5) is 24.3. The Hall–Kier alpha value is -2.28.